The molecule has 1 amide bonds. The average Bonchev–Trinajstić information content (AvgIpc) is 2.27. The van der Waals surface area contributed by atoms with Gasteiger partial charge in [0.15, 0.2) is 0 Å². The Bertz CT molecular complexity index is 418. The number of nitrogens with one attached hydrogen (secondary N) is 1. The van der Waals surface area contributed by atoms with Gasteiger partial charge in [0.1, 0.15) is 0 Å². The molecular formula is C14H20BrNO2. The number of aliphatic hydroxyl groups is 1. The largest absolute Gasteiger partial charge is 0.392 e. The monoisotopic (exact) mass is 313 g/mol. The number of carbonyl (C=O) groups is 1. The van der Waals surface area contributed by atoms with Crippen LogP contribution in [-0.4, -0.2) is 17.1 Å². The Hall–Kier alpha value is -0.870. The summed E-state index contributed by atoms with van der Waals surface area (Å²) in [6.45, 7) is 6.31. The van der Waals surface area contributed by atoms with Gasteiger partial charge in [-0.2, -0.15) is 0 Å². The molecule has 1 aromatic carbocycles. The van der Waals surface area contributed by atoms with Crippen LogP contribution in [0.2, 0.25) is 0 Å². The van der Waals surface area contributed by atoms with Crippen LogP contribution in [0.25, 0.3) is 0 Å². The summed E-state index contributed by atoms with van der Waals surface area (Å²) in [6.07, 6.45) is -0.413. The number of amides is 1. The molecule has 2 N–H and O–H groups in total. The predicted molar refractivity (Wildman–Crippen MR) is 76.2 cm³/mol. The molecule has 1 aromatic rings. The number of aryl methyl sites for hydroxylation is 1. The number of aliphatic hydroxyl groups excluding tert-OH is 1. The van der Waals surface area contributed by atoms with E-state index in [1.54, 1.807) is 0 Å². The summed E-state index contributed by atoms with van der Waals surface area (Å²) in [5, 5.41) is 12.4. The Morgan fingerprint density at radius 1 is 1.44 bits per heavy atom. The van der Waals surface area contributed by atoms with E-state index >= 15 is 0 Å². The highest BCUT2D eigenvalue weighted by atomic mass is 79.9. The Balaban J connectivity index is 2.47. The van der Waals surface area contributed by atoms with Gasteiger partial charge in [-0.15, -0.1) is 0 Å². The van der Waals surface area contributed by atoms with Gasteiger partial charge in [0, 0.05) is 11.0 Å². The Morgan fingerprint density at radius 2 is 2.11 bits per heavy atom. The molecule has 4 heteroatoms. The lowest BCUT2D eigenvalue weighted by atomic mass is 10.0. The molecule has 0 saturated carbocycles. The molecule has 0 heterocycles. The fourth-order valence-electron chi connectivity index (χ4n) is 1.55. The van der Waals surface area contributed by atoms with Gasteiger partial charge in [-0.3, -0.25) is 4.79 Å². The van der Waals surface area contributed by atoms with Crippen molar-refractivity contribution in [2.75, 3.05) is 0 Å². The van der Waals surface area contributed by atoms with Gasteiger partial charge < -0.3 is 10.4 Å². The third-order valence-electron chi connectivity index (χ3n) is 2.94. The highest BCUT2D eigenvalue weighted by Gasteiger charge is 2.14. The van der Waals surface area contributed by atoms with Gasteiger partial charge in [0.05, 0.1) is 12.5 Å². The van der Waals surface area contributed by atoms with Crippen LogP contribution in [0.15, 0.2) is 22.7 Å². The fourth-order valence-corrected chi connectivity index (χ4v) is 2.02. The minimum Gasteiger partial charge on any atom is -0.392 e. The second kappa shape index (κ2) is 6.90. The molecule has 1 rings (SSSR count). The van der Waals surface area contributed by atoms with E-state index in [9.17, 15) is 9.90 Å². The van der Waals surface area contributed by atoms with Crippen molar-refractivity contribution < 1.29 is 9.90 Å². The summed E-state index contributed by atoms with van der Waals surface area (Å²) in [5.74, 6) is -0.0105. The molecule has 0 fully saturated rings. The first-order valence-corrected chi connectivity index (χ1v) is 6.89. The highest BCUT2D eigenvalue weighted by molar-refractivity contribution is 9.10. The normalized spacial score (nSPS) is 12.6. The Labute approximate surface area is 117 Å². The maximum Gasteiger partial charge on any atom is 0.222 e. The molecule has 0 aromatic heterocycles. The summed E-state index contributed by atoms with van der Waals surface area (Å²) in [5.41, 5.74) is 2.22. The van der Waals surface area contributed by atoms with Crippen molar-refractivity contribution in [1.29, 1.82) is 0 Å². The second-order valence-corrected chi connectivity index (χ2v) is 5.78. The molecule has 0 radical (unpaired) electrons. The van der Waals surface area contributed by atoms with Crippen molar-refractivity contribution in [1.82, 2.24) is 5.32 Å². The molecule has 0 spiro atoms. The molecule has 0 aliphatic heterocycles. The topological polar surface area (TPSA) is 49.3 Å². The first kappa shape index (κ1) is 15.2. The minimum atomic E-state index is -0.573. The zero-order chi connectivity index (χ0) is 13.7. The number of benzene rings is 1. The van der Waals surface area contributed by atoms with Crippen molar-refractivity contribution in [2.45, 2.75) is 39.8 Å². The first-order chi connectivity index (χ1) is 8.40. The van der Waals surface area contributed by atoms with Crippen LogP contribution in [0.1, 0.15) is 31.4 Å². The number of carbonyl (C=O) groups excluding carboxylic acids is 1. The van der Waals surface area contributed by atoms with E-state index in [2.05, 4.69) is 21.2 Å². The highest BCUT2D eigenvalue weighted by Crippen LogP contribution is 2.15. The predicted octanol–water partition coefficient (Wildman–Crippen LogP) is 2.78. The first-order valence-electron chi connectivity index (χ1n) is 6.10. The molecule has 18 heavy (non-hydrogen) atoms. The quantitative estimate of drug-likeness (QED) is 0.878. The SMILES string of the molecule is Cc1cc(Br)ccc1CNC(=O)CC(O)C(C)C. The molecule has 100 valence electrons. The van der Waals surface area contributed by atoms with Crippen molar-refractivity contribution in [3.8, 4) is 0 Å². The zero-order valence-corrected chi connectivity index (χ0v) is 12.6. The van der Waals surface area contributed by atoms with Crippen LogP contribution in [0.4, 0.5) is 0 Å². The van der Waals surface area contributed by atoms with Crippen molar-refractivity contribution in [3.05, 3.63) is 33.8 Å². The van der Waals surface area contributed by atoms with Crippen LogP contribution >= 0.6 is 15.9 Å². The number of hydrogen-bond acceptors (Lipinski definition) is 2. The fraction of sp³-hybridized carbons (Fsp3) is 0.500. The zero-order valence-electron chi connectivity index (χ0n) is 11.0. The molecule has 1 atom stereocenters. The van der Waals surface area contributed by atoms with Crippen LogP contribution in [0, 0.1) is 12.8 Å². The lowest BCUT2D eigenvalue weighted by Gasteiger charge is -2.14. The van der Waals surface area contributed by atoms with E-state index < -0.39 is 6.10 Å². The van der Waals surface area contributed by atoms with E-state index in [4.69, 9.17) is 0 Å². The van der Waals surface area contributed by atoms with Crippen LogP contribution in [0.5, 0.6) is 0 Å². The van der Waals surface area contributed by atoms with E-state index in [0.29, 0.717) is 6.54 Å². The van der Waals surface area contributed by atoms with Crippen molar-refractivity contribution in [3.63, 3.8) is 0 Å². The summed E-state index contributed by atoms with van der Waals surface area (Å²) >= 11 is 3.40. The minimum absolute atomic E-state index is 0.102. The van der Waals surface area contributed by atoms with Gasteiger partial charge in [-0.25, -0.2) is 0 Å². The van der Waals surface area contributed by atoms with Crippen molar-refractivity contribution >= 4 is 21.8 Å². The van der Waals surface area contributed by atoms with Gasteiger partial charge in [-0.05, 0) is 36.1 Å². The van der Waals surface area contributed by atoms with Crippen molar-refractivity contribution in [2.24, 2.45) is 5.92 Å². The number of halogens is 1. The molecule has 1 unspecified atom stereocenters. The average molecular weight is 314 g/mol. The van der Waals surface area contributed by atoms with Gasteiger partial charge in [0.25, 0.3) is 0 Å². The standard InChI is InChI=1S/C14H20BrNO2/c1-9(2)13(17)7-14(18)16-8-11-4-5-12(15)6-10(11)3/h4-6,9,13,17H,7-8H2,1-3H3,(H,16,18). The second-order valence-electron chi connectivity index (χ2n) is 4.86. The molecule has 0 bridgehead atoms. The van der Waals surface area contributed by atoms with Gasteiger partial charge >= 0.3 is 0 Å². The van der Waals surface area contributed by atoms with E-state index in [1.807, 2.05) is 39.0 Å². The molecular weight excluding hydrogens is 294 g/mol. The summed E-state index contributed by atoms with van der Waals surface area (Å²) in [6, 6.07) is 5.96. The molecule has 0 aliphatic carbocycles. The van der Waals surface area contributed by atoms with E-state index in [-0.39, 0.29) is 18.2 Å². The summed E-state index contributed by atoms with van der Waals surface area (Å²) in [4.78, 5) is 11.6. The maximum absolute atomic E-state index is 11.6. The smallest absolute Gasteiger partial charge is 0.222 e. The number of rotatable bonds is 5. The Morgan fingerprint density at radius 3 is 2.67 bits per heavy atom. The molecule has 3 nitrogen and oxygen atoms in total. The maximum atomic E-state index is 11.6. The molecule has 0 saturated heterocycles. The number of hydrogen-bond donors (Lipinski definition) is 2. The summed E-state index contributed by atoms with van der Waals surface area (Å²) in [7, 11) is 0. The van der Waals surface area contributed by atoms with Gasteiger partial charge in [-0.1, -0.05) is 35.8 Å². The Kier molecular flexibility index (Phi) is 5.82. The van der Waals surface area contributed by atoms with Gasteiger partial charge in [0.2, 0.25) is 5.91 Å². The van der Waals surface area contributed by atoms with Crippen LogP contribution in [-0.2, 0) is 11.3 Å². The van der Waals surface area contributed by atoms with Crippen LogP contribution < -0.4 is 5.32 Å². The lowest BCUT2D eigenvalue weighted by Crippen LogP contribution is -2.29. The third kappa shape index (κ3) is 4.78. The summed E-state index contributed by atoms with van der Waals surface area (Å²) < 4.78 is 1.03. The van der Waals surface area contributed by atoms with E-state index in [1.165, 1.54) is 0 Å². The molecule has 0 aliphatic rings. The van der Waals surface area contributed by atoms with E-state index in [0.717, 1.165) is 15.6 Å². The van der Waals surface area contributed by atoms with Crippen LogP contribution in [0.3, 0.4) is 0 Å². The third-order valence-corrected chi connectivity index (χ3v) is 3.44. The lowest BCUT2D eigenvalue weighted by molar-refractivity contribution is -0.123.